The molecule has 1 N–H and O–H groups in total. The van der Waals surface area contributed by atoms with E-state index in [1.54, 1.807) is 31.2 Å². The third-order valence-electron chi connectivity index (χ3n) is 3.46. The highest BCUT2D eigenvalue weighted by atomic mass is 35.5. The summed E-state index contributed by atoms with van der Waals surface area (Å²) in [4.78, 5) is 14.0. The lowest BCUT2D eigenvalue weighted by Gasteiger charge is -2.18. The molecule has 0 bridgehead atoms. The van der Waals surface area contributed by atoms with E-state index >= 15 is 0 Å². The van der Waals surface area contributed by atoms with Crippen molar-refractivity contribution in [3.8, 4) is 5.75 Å². The lowest BCUT2D eigenvalue weighted by atomic mass is 10.2. The van der Waals surface area contributed by atoms with Crippen LogP contribution in [0.5, 0.6) is 5.75 Å². The Balaban J connectivity index is 2.00. The van der Waals surface area contributed by atoms with Gasteiger partial charge in [0.25, 0.3) is 0 Å². The van der Waals surface area contributed by atoms with Gasteiger partial charge in [-0.15, -0.1) is 0 Å². The Morgan fingerprint density at radius 3 is 2.41 bits per heavy atom. The van der Waals surface area contributed by atoms with Gasteiger partial charge in [0.1, 0.15) is 5.75 Å². The fourth-order valence-electron chi connectivity index (χ4n) is 2.13. The van der Waals surface area contributed by atoms with Gasteiger partial charge in [0.05, 0.1) is 17.2 Å². The van der Waals surface area contributed by atoms with Gasteiger partial charge >= 0.3 is 12.1 Å². The number of nitrogens with one attached hydrogen (secondary N) is 1. The van der Waals surface area contributed by atoms with E-state index in [2.05, 4.69) is 15.0 Å². The van der Waals surface area contributed by atoms with Gasteiger partial charge in [0.2, 0.25) is 10.7 Å². The maximum Gasteiger partial charge on any atom is 0.428 e. The molecule has 2 aromatic carbocycles. The number of urea groups is 1. The van der Waals surface area contributed by atoms with Crippen LogP contribution in [0.4, 0.5) is 13.6 Å². The first-order valence-corrected chi connectivity index (χ1v) is 9.66. The molecule has 0 spiro atoms. The van der Waals surface area contributed by atoms with E-state index in [9.17, 15) is 13.6 Å². The summed E-state index contributed by atoms with van der Waals surface area (Å²) in [5, 5.41) is 2.98. The number of ether oxygens (including phenoxy) is 2. The number of carbonyl (C=O) groups is 1. The van der Waals surface area contributed by atoms with Crippen molar-refractivity contribution in [1.29, 1.82) is 0 Å². The molecule has 0 radical (unpaired) electrons. The molecule has 0 saturated carbocycles. The molecule has 5 nitrogen and oxygen atoms in total. The summed E-state index contributed by atoms with van der Waals surface area (Å²) in [5.41, 5.74) is 1.12. The Morgan fingerprint density at radius 2 is 1.83 bits per heavy atom. The second kappa shape index (κ2) is 10.6. The Kier molecular flexibility index (Phi) is 8.49. The SMILES string of the molecule is CCOC(=NC(=O)NCc1ccc(OC(F)(F)C(Cl)Cl)cc1)c1ccccc1Cl. The molecular formula is C19H17Cl3F2N2O3. The van der Waals surface area contributed by atoms with Crippen LogP contribution in [0.15, 0.2) is 53.5 Å². The van der Waals surface area contributed by atoms with Crippen LogP contribution in [0.3, 0.4) is 0 Å². The number of hydrogen-bond acceptors (Lipinski definition) is 3. The Labute approximate surface area is 181 Å². The lowest BCUT2D eigenvalue weighted by Crippen LogP contribution is -2.32. The maximum absolute atomic E-state index is 13.4. The van der Waals surface area contributed by atoms with Crippen LogP contribution in [-0.4, -0.2) is 29.5 Å². The molecule has 0 aliphatic rings. The number of alkyl halides is 4. The first-order chi connectivity index (χ1) is 13.7. The first kappa shape index (κ1) is 23.2. The van der Waals surface area contributed by atoms with Gasteiger partial charge < -0.3 is 14.8 Å². The molecule has 0 aliphatic carbocycles. The molecule has 0 atom stereocenters. The number of benzene rings is 2. The normalized spacial score (nSPS) is 12.0. The number of nitrogens with zero attached hydrogens (tertiary/aromatic N) is 1. The van der Waals surface area contributed by atoms with Crippen LogP contribution in [0, 0.1) is 0 Å². The number of rotatable bonds is 7. The molecule has 29 heavy (non-hydrogen) atoms. The largest absolute Gasteiger partial charge is 0.477 e. The smallest absolute Gasteiger partial charge is 0.428 e. The molecule has 0 aromatic heterocycles. The molecule has 0 fully saturated rings. The van der Waals surface area contributed by atoms with Crippen molar-refractivity contribution < 1.29 is 23.0 Å². The molecular weight excluding hydrogens is 449 g/mol. The second-order valence-corrected chi connectivity index (χ2v) is 7.10. The minimum absolute atomic E-state index is 0.0956. The van der Waals surface area contributed by atoms with Crippen molar-refractivity contribution >= 4 is 46.7 Å². The van der Waals surface area contributed by atoms with E-state index in [1.807, 2.05) is 0 Å². The summed E-state index contributed by atoms with van der Waals surface area (Å²) in [6.45, 7) is 2.16. The van der Waals surface area contributed by atoms with Gasteiger partial charge in [-0.3, -0.25) is 0 Å². The summed E-state index contributed by atoms with van der Waals surface area (Å²) < 4.78 is 36.6. The van der Waals surface area contributed by atoms with Gasteiger partial charge in [0.15, 0.2) is 0 Å². The molecule has 0 heterocycles. The van der Waals surface area contributed by atoms with Crippen molar-refractivity contribution in [2.75, 3.05) is 6.61 Å². The van der Waals surface area contributed by atoms with E-state index in [0.29, 0.717) is 22.8 Å². The number of halogens is 5. The first-order valence-electron chi connectivity index (χ1n) is 8.41. The van der Waals surface area contributed by atoms with E-state index in [1.165, 1.54) is 24.3 Å². The van der Waals surface area contributed by atoms with E-state index in [-0.39, 0.29) is 18.2 Å². The third-order valence-corrected chi connectivity index (χ3v) is 4.30. The van der Waals surface area contributed by atoms with Crippen LogP contribution in [0.25, 0.3) is 0 Å². The zero-order valence-corrected chi connectivity index (χ0v) is 17.4. The van der Waals surface area contributed by atoms with Crippen molar-refractivity contribution in [1.82, 2.24) is 5.32 Å². The molecule has 156 valence electrons. The van der Waals surface area contributed by atoms with Gasteiger partial charge in [-0.25, -0.2) is 4.79 Å². The Morgan fingerprint density at radius 1 is 1.17 bits per heavy atom. The van der Waals surface area contributed by atoms with Crippen molar-refractivity contribution in [3.63, 3.8) is 0 Å². The number of aliphatic imine (C=N–C) groups is 1. The van der Waals surface area contributed by atoms with Gasteiger partial charge in [0, 0.05) is 6.54 Å². The Hall–Kier alpha value is -2.09. The quantitative estimate of drug-likeness (QED) is 0.319. The van der Waals surface area contributed by atoms with Crippen LogP contribution in [0.2, 0.25) is 5.02 Å². The maximum atomic E-state index is 13.4. The predicted octanol–water partition coefficient (Wildman–Crippen LogP) is 5.81. The molecule has 0 saturated heterocycles. The average molecular weight is 466 g/mol. The Bertz CT molecular complexity index is 862. The summed E-state index contributed by atoms with van der Waals surface area (Å²) in [7, 11) is 0. The lowest BCUT2D eigenvalue weighted by molar-refractivity contribution is -0.163. The van der Waals surface area contributed by atoms with Crippen LogP contribution < -0.4 is 10.1 Å². The van der Waals surface area contributed by atoms with Crippen LogP contribution in [-0.2, 0) is 11.3 Å². The molecule has 2 aromatic rings. The molecule has 2 rings (SSSR count). The summed E-state index contributed by atoms with van der Waals surface area (Å²) in [6, 6.07) is 11.8. The zero-order valence-electron chi connectivity index (χ0n) is 15.2. The minimum Gasteiger partial charge on any atom is -0.477 e. The standard InChI is InChI=1S/C19H17Cl3F2N2O3/c1-2-28-16(14-5-3-4-6-15(14)20)26-18(27)25-11-12-7-9-13(10-8-12)29-19(23,24)17(21)22/h3-10,17H,2,11H2,1H3,(H,25,27). The number of carbonyl (C=O) groups excluding carboxylic acids is 1. The topological polar surface area (TPSA) is 59.9 Å². The van der Waals surface area contributed by atoms with Crippen molar-refractivity contribution in [2.24, 2.45) is 4.99 Å². The zero-order chi connectivity index (χ0) is 21.4. The van der Waals surface area contributed by atoms with Crippen molar-refractivity contribution in [3.05, 3.63) is 64.7 Å². The summed E-state index contributed by atoms with van der Waals surface area (Å²) >= 11 is 16.4. The highest BCUT2D eigenvalue weighted by molar-refractivity contribution is 6.44. The molecule has 0 unspecified atom stereocenters. The molecule has 10 heteroatoms. The fourth-order valence-corrected chi connectivity index (χ4v) is 2.43. The van der Waals surface area contributed by atoms with Gasteiger partial charge in [-0.2, -0.15) is 13.8 Å². The van der Waals surface area contributed by atoms with Gasteiger partial charge in [-0.05, 0) is 36.8 Å². The second-order valence-electron chi connectivity index (χ2n) is 5.60. The predicted molar refractivity (Wildman–Crippen MR) is 109 cm³/mol. The molecule has 2 amide bonds. The van der Waals surface area contributed by atoms with Crippen molar-refractivity contribution in [2.45, 2.75) is 24.4 Å². The minimum atomic E-state index is -3.72. The number of hydrogen-bond donors (Lipinski definition) is 1. The van der Waals surface area contributed by atoms with Gasteiger partial charge in [-0.1, -0.05) is 59.1 Å². The molecule has 0 aliphatic heterocycles. The van der Waals surface area contributed by atoms with Crippen LogP contribution >= 0.6 is 34.8 Å². The average Bonchev–Trinajstić information content (AvgIpc) is 2.67. The van der Waals surface area contributed by atoms with E-state index in [4.69, 9.17) is 39.5 Å². The summed E-state index contributed by atoms with van der Waals surface area (Å²) in [6.07, 6.45) is -3.72. The fraction of sp³-hybridized carbons (Fsp3) is 0.263. The van der Waals surface area contributed by atoms with E-state index in [0.717, 1.165) is 0 Å². The highest BCUT2D eigenvalue weighted by Crippen LogP contribution is 2.30. The van der Waals surface area contributed by atoms with E-state index < -0.39 is 17.0 Å². The monoisotopic (exact) mass is 464 g/mol. The highest BCUT2D eigenvalue weighted by Gasteiger charge is 2.40. The third kappa shape index (κ3) is 7.03. The summed E-state index contributed by atoms with van der Waals surface area (Å²) in [5.74, 6) is -0.0231. The van der Waals surface area contributed by atoms with Crippen LogP contribution in [0.1, 0.15) is 18.1 Å². The number of amides is 2.